The molecular formula is C23H25N5O. The number of amides is 1. The van der Waals surface area contributed by atoms with Crippen molar-refractivity contribution in [2.75, 3.05) is 0 Å². The third-order valence-electron chi connectivity index (χ3n) is 5.20. The second-order valence-corrected chi connectivity index (χ2v) is 7.42. The minimum atomic E-state index is -0.114. The van der Waals surface area contributed by atoms with Gasteiger partial charge in [-0.15, -0.1) is 0 Å². The molecule has 29 heavy (non-hydrogen) atoms. The summed E-state index contributed by atoms with van der Waals surface area (Å²) in [5.74, 6) is 0.831. The van der Waals surface area contributed by atoms with Gasteiger partial charge in [-0.3, -0.25) is 4.79 Å². The Morgan fingerprint density at radius 2 is 1.90 bits per heavy atom. The highest BCUT2D eigenvalue weighted by molar-refractivity contribution is 5.77. The molecule has 0 bridgehead atoms. The molecule has 4 rings (SSSR count). The molecule has 0 fully saturated rings. The first-order chi connectivity index (χ1) is 14.0. The summed E-state index contributed by atoms with van der Waals surface area (Å²) in [5.41, 5.74) is 6.19. The van der Waals surface area contributed by atoms with E-state index in [2.05, 4.69) is 51.6 Å². The van der Waals surface area contributed by atoms with Crippen LogP contribution in [0.2, 0.25) is 0 Å². The van der Waals surface area contributed by atoms with Gasteiger partial charge in [-0.1, -0.05) is 29.8 Å². The fraction of sp³-hybridized carbons (Fsp3) is 0.261. The summed E-state index contributed by atoms with van der Waals surface area (Å²) in [4.78, 5) is 20.3. The van der Waals surface area contributed by atoms with E-state index in [4.69, 9.17) is 0 Å². The number of benzene rings is 2. The number of hydrogen-bond acceptors (Lipinski definition) is 3. The van der Waals surface area contributed by atoms with Crippen LogP contribution in [0.1, 0.15) is 42.0 Å². The maximum atomic E-state index is 12.5. The number of para-hydroxylation sites is 2. The van der Waals surface area contributed by atoms with Crippen molar-refractivity contribution in [1.29, 1.82) is 0 Å². The predicted octanol–water partition coefficient (Wildman–Crippen LogP) is 4.18. The number of carbonyl (C=O) groups excluding carboxylic acids is 1. The van der Waals surface area contributed by atoms with Crippen LogP contribution in [0, 0.1) is 13.8 Å². The van der Waals surface area contributed by atoms with Gasteiger partial charge in [-0.25, -0.2) is 9.67 Å². The van der Waals surface area contributed by atoms with Crippen LogP contribution in [-0.4, -0.2) is 25.7 Å². The Morgan fingerprint density at radius 3 is 2.66 bits per heavy atom. The lowest BCUT2D eigenvalue weighted by atomic mass is 10.1. The molecule has 4 aromatic rings. The quantitative estimate of drug-likeness (QED) is 0.521. The van der Waals surface area contributed by atoms with Gasteiger partial charge in [-0.05, 0) is 45.0 Å². The first kappa shape index (κ1) is 18.9. The Morgan fingerprint density at radius 1 is 1.14 bits per heavy atom. The van der Waals surface area contributed by atoms with E-state index in [9.17, 15) is 4.79 Å². The zero-order valence-electron chi connectivity index (χ0n) is 16.9. The van der Waals surface area contributed by atoms with Crippen molar-refractivity contribution in [2.24, 2.45) is 0 Å². The minimum absolute atomic E-state index is 0.000409. The van der Waals surface area contributed by atoms with Crippen LogP contribution in [0.3, 0.4) is 0 Å². The molecule has 0 radical (unpaired) electrons. The fourth-order valence-corrected chi connectivity index (χ4v) is 3.54. The molecule has 6 heteroatoms. The number of rotatable bonds is 6. The van der Waals surface area contributed by atoms with Crippen LogP contribution >= 0.6 is 0 Å². The van der Waals surface area contributed by atoms with Gasteiger partial charge in [0.15, 0.2) is 0 Å². The Balaban J connectivity index is 1.39. The largest absolute Gasteiger partial charge is 0.349 e. The first-order valence-electron chi connectivity index (χ1n) is 9.86. The molecule has 0 aliphatic carbocycles. The van der Waals surface area contributed by atoms with Gasteiger partial charge in [0.2, 0.25) is 5.91 Å². The zero-order valence-corrected chi connectivity index (χ0v) is 16.9. The van der Waals surface area contributed by atoms with E-state index < -0.39 is 0 Å². The Labute approximate surface area is 170 Å². The smallest absolute Gasteiger partial charge is 0.220 e. The Kier molecular flexibility index (Phi) is 5.16. The van der Waals surface area contributed by atoms with Gasteiger partial charge in [-0.2, -0.15) is 5.10 Å². The lowest BCUT2D eigenvalue weighted by molar-refractivity contribution is -0.121. The average molecular weight is 387 g/mol. The van der Waals surface area contributed by atoms with E-state index in [1.165, 1.54) is 5.56 Å². The highest BCUT2D eigenvalue weighted by atomic mass is 16.1. The molecule has 1 atom stereocenters. The van der Waals surface area contributed by atoms with Gasteiger partial charge < -0.3 is 10.3 Å². The highest BCUT2D eigenvalue weighted by Gasteiger charge is 2.16. The van der Waals surface area contributed by atoms with Gasteiger partial charge >= 0.3 is 0 Å². The second kappa shape index (κ2) is 7.91. The third kappa shape index (κ3) is 4.06. The summed E-state index contributed by atoms with van der Waals surface area (Å²) < 4.78 is 1.91. The van der Waals surface area contributed by atoms with Crippen LogP contribution < -0.4 is 5.32 Å². The fourth-order valence-electron chi connectivity index (χ4n) is 3.54. The normalized spacial score (nSPS) is 12.2. The monoisotopic (exact) mass is 387 g/mol. The van der Waals surface area contributed by atoms with Gasteiger partial charge in [0.25, 0.3) is 0 Å². The van der Waals surface area contributed by atoms with Gasteiger partial charge in [0, 0.05) is 24.1 Å². The Hall–Kier alpha value is -3.41. The average Bonchev–Trinajstić information content (AvgIpc) is 3.30. The number of aromatic amines is 1. The molecule has 2 aromatic heterocycles. The first-order valence-corrected chi connectivity index (χ1v) is 9.86. The highest BCUT2D eigenvalue weighted by Crippen LogP contribution is 2.20. The van der Waals surface area contributed by atoms with Gasteiger partial charge in [0.05, 0.1) is 29.0 Å². The van der Waals surface area contributed by atoms with E-state index >= 15 is 0 Å². The predicted molar refractivity (Wildman–Crippen MR) is 114 cm³/mol. The lowest BCUT2D eigenvalue weighted by Crippen LogP contribution is -2.27. The molecule has 2 aromatic carbocycles. The molecule has 0 saturated carbocycles. The van der Waals surface area contributed by atoms with Gasteiger partial charge in [0.1, 0.15) is 5.82 Å². The number of carbonyl (C=O) groups is 1. The van der Waals surface area contributed by atoms with Crippen molar-refractivity contribution < 1.29 is 4.79 Å². The summed E-state index contributed by atoms with van der Waals surface area (Å²) in [6.45, 7) is 6.08. The van der Waals surface area contributed by atoms with Crippen LogP contribution in [-0.2, 0) is 11.2 Å². The molecule has 1 amide bonds. The second-order valence-electron chi connectivity index (χ2n) is 7.42. The van der Waals surface area contributed by atoms with Crippen LogP contribution in [0.15, 0.2) is 54.7 Å². The SMILES string of the molecule is Cc1ccc(-n2ncc([C@@H](C)NC(=O)CCc3nc4ccccc4[nH]3)c2C)cc1. The number of aryl methyl sites for hydroxylation is 2. The molecule has 2 heterocycles. The topological polar surface area (TPSA) is 75.6 Å². The number of H-pyrrole nitrogens is 1. The number of hydrogen-bond donors (Lipinski definition) is 2. The van der Waals surface area contributed by atoms with E-state index in [0.717, 1.165) is 33.8 Å². The summed E-state index contributed by atoms with van der Waals surface area (Å²) >= 11 is 0. The van der Waals surface area contributed by atoms with E-state index in [1.807, 2.05) is 49.0 Å². The van der Waals surface area contributed by atoms with Crippen molar-refractivity contribution in [3.8, 4) is 5.69 Å². The molecule has 0 spiro atoms. The van der Waals surface area contributed by atoms with Crippen molar-refractivity contribution in [3.05, 3.63) is 77.4 Å². The van der Waals surface area contributed by atoms with Crippen molar-refractivity contribution >= 4 is 16.9 Å². The third-order valence-corrected chi connectivity index (χ3v) is 5.20. The van der Waals surface area contributed by atoms with Crippen molar-refractivity contribution in [3.63, 3.8) is 0 Å². The van der Waals surface area contributed by atoms with Crippen molar-refractivity contribution in [2.45, 2.75) is 39.7 Å². The molecule has 2 N–H and O–H groups in total. The molecule has 0 aliphatic rings. The Bertz CT molecular complexity index is 1110. The standard InChI is InChI=1S/C23H25N5O/c1-15-8-10-18(11-9-15)28-17(3)19(14-24-28)16(2)25-23(29)13-12-22-26-20-6-4-5-7-21(20)27-22/h4-11,14,16H,12-13H2,1-3H3,(H,25,29)(H,26,27)/t16-/m1/s1. The maximum absolute atomic E-state index is 12.5. The molecular weight excluding hydrogens is 362 g/mol. The zero-order chi connectivity index (χ0) is 20.4. The van der Waals surface area contributed by atoms with E-state index in [-0.39, 0.29) is 11.9 Å². The number of nitrogens with zero attached hydrogens (tertiary/aromatic N) is 3. The molecule has 0 aliphatic heterocycles. The molecule has 6 nitrogen and oxygen atoms in total. The van der Waals surface area contributed by atoms with Crippen LogP contribution in [0.25, 0.3) is 16.7 Å². The summed E-state index contributed by atoms with van der Waals surface area (Å²) in [6, 6.07) is 16.0. The lowest BCUT2D eigenvalue weighted by Gasteiger charge is -2.14. The summed E-state index contributed by atoms with van der Waals surface area (Å²) in [6.07, 6.45) is 2.80. The van der Waals surface area contributed by atoms with E-state index in [0.29, 0.717) is 12.8 Å². The number of nitrogens with one attached hydrogen (secondary N) is 2. The van der Waals surface area contributed by atoms with Crippen LogP contribution in [0.4, 0.5) is 0 Å². The summed E-state index contributed by atoms with van der Waals surface area (Å²) in [5, 5.41) is 7.59. The van der Waals surface area contributed by atoms with Crippen molar-refractivity contribution in [1.82, 2.24) is 25.1 Å². The molecule has 0 saturated heterocycles. The van der Waals surface area contributed by atoms with E-state index in [1.54, 1.807) is 0 Å². The molecule has 148 valence electrons. The number of aromatic nitrogens is 4. The van der Waals surface area contributed by atoms with Crippen LogP contribution in [0.5, 0.6) is 0 Å². The molecule has 0 unspecified atom stereocenters. The number of imidazole rings is 1. The minimum Gasteiger partial charge on any atom is -0.349 e. The number of fused-ring (bicyclic) bond motifs is 1. The summed E-state index contributed by atoms with van der Waals surface area (Å²) in [7, 11) is 0. The maximum Gasteiger partial charge on any atom is 0.220 e.